The zero-order valence-corrected chi connectivity index (χ0v) is 19.1. The van der Waals surface area contributed by atoms with Crippen LogP contribution >= 0.6 is 0 Å². The first-order valence-corrected chi connectivity index (χ1v) is 10.7. The summed E-state index contributed by atoms with van der Waals surface area (Å²) in [6.07, 6.45) is 8.38. The third kappa shape index (κ3) is 7.87. The molecule has 4 atom stereocenters. The normalized spacial score (nSPS) is 26.2. The first-order valence-electron chi connectivity index (χ1n) is 10.7. The second-order valence-electron chi connectivity index (χ2n) is 8.30. The molecule has 28 heavy (non-hydrogen) atoms. The SMILES string of the molecule is C=NC.CCC[C@@H](C)C1CCC2C(=O)CCCC21C.CO.Cc1ccccc1. The van der Waals surface area contributed by atoms with Gasteiger partial charge in [0.1, 0.15) is 5.78 Å². The number of Topliss-reactive ketones (excluding diaryl/α,β-unsaturated/α-hetero) is 1. The molecular weight excluding hydrogens is 346 g/mol. The third-order valence-electron chi connectivity index (χ3n) is 6.31. The number of fused-ring (bicyclic) bond motifs is 1. The fourth-order valence-corrected chi connectivity index (χ4v) is 5.10. The summed E-state index contributed by atoms with van der Waals surface area (Å²) in [5.74, 6) is 2.60. The first kappa shape index (κ1) is 26.5. The minimum atomic E-state index is 0.351. The molecule has 3 rings (SSSR count). The van der Waals surface area contributed by atoms with Crippen molar-refractivity contribution >= 4 is 12.5 Å². The maximum absolute atomic E-state index is 12.0. The van der Waals surface area contributed by atoms with Gasteiger partial charge in [-0.3, -0.25) is 4.79 Å². The lowest BCUT2D eigenvalue weighted by molar-refractivity contribution is -0.130. The van der Waals surface area contributed by atoms with Crippen LogP contribution in [0.2, 0.25) is 0 Å². The number of hydrogen-bond acceptors (Lipinski definition) is 3. The van der Waals surface area contributed by atoms with Crippen molar-refractivity contribution in [3.63, 3.8) is 0 Å². The Balaban J connectivity index is 0.000000504. The van der Waals surface area contributed by atoms with E-state index in [0.717, 1.165) is 31.8 Å². The van der Waals surface area contributed by atoms with Crippen LogP contribution in [0.4, 0.5) is 0 Å². The zero-order chi connectivity index (χ0) is 21.6. The highest BCUT2D eigenvalue weighted by molar-refractivity contribution is 5.83. The fourth-order valence-electron chi connectivity index (χ4n) is 5.10. The maximum atomic E-state index is 12.0. The van der Waals surface area contributed by atoms with Gasteiger partial charge in [-0.25, -0.2) is 0 Å². The van der Waals surface area contributed by atoms with Crippen LogP contribution in [0.3, 0.4) is 0 Å². The van der Waals surface area contributed by atoms with Gasteiger partial charge < -0.3 is 10.1 Å². The molecule has 2 fully saturated rings. The summed E-state index contributed by atoms with van der Waals surface area (Å²) in [7, 11) is 2.64. The van der Waals surface area contributed by atoms with Gasteiger partial charge >= 0.3 is 0 Å². The van der Waals surface area contributed by atoms with Gasteiger partial charge in [0.2, 0.25) is 0 Å². The summed E-state index contributed by atoms with van der Waals surface area (Å²) >= 11 is 0. The molecule has 2 saturated carbocycles. The van der Waals surface area contributed by atoms with Crippen molar-refractivity contribution in [1.82, 2.24) is 0 Å². The van der Waals surface area contributed by atoms with Crippen LogP contribution in [0, 0.1) is 30.1 Å². The topological polar surface area (TPSA) is 49.7 Å². The minimum absolute atomic E-state index is 0.351. The second-order valence-corrected chi connectivity index (χ2v) is 8.30. The fraction of sp³-hybridized carbons (Fsp3) is 0.680. The molecule has 0 bridgehead atoms. The Morgan fingerprint density at radius 1 is 1.25 bits per heavy atom. The molecule has 0 aromatic heterocycles. The molecule has 2 aliphatic carbocycles. The van der Waals surface area contributed by atoms with Crippen molar-refractivity contribution in [2.24, 2.45) is 28.2 Å². The molecular formula is C25H43NO2. The lowest BCUT2D eigenvalue weighted by Gasteiger charge is -2.42. The molecule has 2 aliphatic rings. The lowest BCUT2D eigenvalue weighted by atomic mass is 9.62. The van der Waals surface area contributed by atoms with E-state index in [9.17, 15) is 4.79 Å². The van der Waals surface area contributed by atoms with Gasteiger partial charge in [-0.15, -0.1) is 0 Å². The molecule has 3 heteroatoms. The molecule has 0 aliphatic heterocycles. The number of ketones is 1. The Morgan fingerprint density at radius 3 is 2.29 bits per heavy atom. The molecule has 1 aromatic rings. The van der Waals surface area contributed by atoms with Crippen LogP contribution in [0.1, 0.15) is 71.3 Å². The van der Waals surface area contributed by atoms with Crippen molar-refractivity contribution in [2.45, 2.75) is 72.6 Å². The zero-order valence-electron chi connectivity index (χ0n) is 19.1. The highest BCUT2D eigenvalue weighted by Gasteiger charge is 2.51. The first-order chi connectivity index (χ1) is 13.4. The summed E-state index contributed by atoms with van der Waals surface area (Å²) < 4.78 is 0. The van der Waals surface area contributed by atoms with Gasteiger partial charge in [-0.2, -0.15) is 0 Å². The average Bonchev–Trinajstić information content (AvgIpc) is 3.04. The Labute approximate surface area is 173 Å². The van der Waals surface area contributed by atoms with E-state index < -0.39 is 0 Å². The van der Waals surface area contributed by atoms with Gasteiger partial charge in [0.15, 0.2) is 0 Å². The van der Waals surface area contributed by atoms with Gasteiger partial charge in [0.05, 0.1) is 0 Å². The standard InChI is InChI=1S/C15H26O.C7H8.C2H5N.CH4O/c1-4-6-11(2)12-8-9-13-14(16)7-5-10-15(12,13)3;1-7-5-3-2-4-6-7;1-3-2;1-2/h11-13H,4-10H2,1-3H3;2-6H,1H3;1H2,2H3;2H,1H3/t11-,12?,13?,15?;;;/m1.../s1. The molecule has 0 radical (unpaired) electrons. The van der Waals surface area contributed by atoms with Crippen LogP contribution in [0.5, 0.6) is 0 Å². The summed E-state index contributed by atoms with van der Waals surface area (Å²) in [6.45, 7) is 12.3. The number of aliphatic hydroxyl groups is 1. The molecule has 3 unspecified atom stereocenters. The highest BCUT2D eigenvalue weighted by Crippen LogP contribution is 2.57. The third-order valence-corrected chi connectivity index (χ3v) is 6.31. The predicted octanol–water partition coefficient (Wildman–Crippen LogP) is 6.13. The molecule has 0 amide bonds. The quantitative estimate of drug-likeness (QED) is 0.632. The highest BCUT2D eigenvalue weighted by atomic mass is 16.2. The van der Waals surface area contributed by atoms with Crippen molar-refractivity contribution < 1.29 is 9.90 Å². The monoisotopic (exact) mass is 389 g/mol. The minimum Gasteiger partial charge on any atom is -0.400 e. The van der Waals surface area contributed by atoms with E-state index in [1.807, 2.05) is 18.2 Å². The van der Waals surface area contributed by atoms with E-state index in [2.05, 4.69) is 51.5 Å². The molecule has 0 heterocycles. The number of carbonyl (C=O) groups excluding carboxylic acids is 1. The molecule has 3 nitrogen and oxygen atoms in total. The summed E-state index contributed by atoms with van der Waals surface area (Å²) in [5.41, 5.74) is 1.67. The summed E-state index contributed by atoms with van der Waals surface area (Å²) in [4.78, 5) is 15.3. The number of rotatable bonds is 3. The van der Waals surface area contributed by atoms with Crippen molar-refractivity contribution in [3.05, 3.63) is 35.9 Å². The molecule has 160 valence electrons. The van der Waals surface area contributed by atoms with Crippen LogP contribution in [-0.2, 0) is 4.79 Å². The van der Waals surface area contributed by atoms with E-state index >= 15 is 0 Å². The molecule has 0 spiro atoms. The molecule has 1 N–H and O–H groups in total. The van der Waals surface area contributed by atoms with E-state index in [1.54, 1.807) is 7.05 Å². The Morgan fingerprint density at radius 2 is 1.82 bits per heavy atom. The second kappa shape index (κ2) is 14.5. The van der Waals surface area contributed by atoms with Gasteiger partial charge in [-0.1, -0.05) is 69.5 Å². The van der Waals surface area contributed by atoms with Crippen LogP contribution in [0.15, 0.2) is 35.3 Å². The van der Waals surface area contributed by atoms with Crippen molar-refractivity contribution in [2.75, 3.05) is 14.2 Å². The number of hydrogen-bond donors (Lipinski definition) is 1. The Bertz CT molecular complexity index is 543. The summed E-state index contributed by atoms with van der Waals surface area (Å²) in [5, 5.41) is 7.00. The summed E-state index contributed by atoms with van der Waals surface area (Å²) in [6, 6.07) is 10.3. The van der Waals surface area contributed by atoms with Crippen LogP contribution in [-0.4, -0.2) is 31.8 Å². The van der Waals surface area contributed by atoms with E-state index in [-0.39, 0.29) is 0 Å². The van der Waals surface area contributed by atoms with Gasteiger partial charge in [0, 0.05) is 26.5 Å². The van der Waals surface area contributed by atoms with E-state index in [0.29, 0.717) is 17.1 Å². The molecule has 1 aromatic carbocycles. The number of aryl methyl sites for hydroxylation is 1. The van der Waals surface area contributed by atoms with Crippen molar-refractivity contribution in [1.29, 1.82) is 0 Å². The largest absolute Gasteiger partial charge is 0.400 e. The Hall–Kier alpha value is -1.48. The number of benzene rings is 1. The van der Waals surface area contributed by atoms with E-state index in [4.69, 9.17) is 5.11 Å². The molecule has 0 saturated heterocycles. The van der Waals surface area contributed by atoms with Crippen LogP contribution < -0.4 is 0 Å². The number of aliphatic imine (C=N–C) groups is 1. The number of aliphatic hydroxyl groups excluding tert-OH is 1. The van der Waals surface area contributed by atoms with Gasteiger partial charge in [0.25, 0.3) is 0 Å². The van der Waals surface area contributed by atoms with Crippen LogP contribution in [0.25, 0.3) is 0 Å². The lowest BCUT2D eigenvalue weighted by Crippen LogP contribution is -2.39. The van der Waals surface area contributed by atoms with E-state index in [1.165, 1.54) is 37.7 Å². The number of carbonyl (C=O) groups is 1. The predicted molar refractivity (Wildman–Crippen MR) is 122 cm³/mol. The van der Waals surface area contributed by atoms with Crippen molar-refractivity contribution in [3.8, 4) is 0 Å². The smallest absolute Gasteiger partial charge is 0.136 e. The van der Waals surface area contributed by atoms with Gasteiger partial charge in [-0.05, 0) is 56.6 Å². The average molecular weight is 390 g/mol. The number of nitrogens with zero attached hydrogens (tertiary/aromatic N) is 1. The maximum Gasteiger partial charge on any atom is 0.136 e. The Kier molecular flexibility index (Phi) is 13.7.